The van der Waals surface area contributed by atoms with E-state index >= 15 is 0 Å². The Morgan fingerprint density at radius 3 is 2.39 bits per heavy atom. The van der Waals surface area contributed by atoms with E-state index in [0.29, 0.717) is 30.2 Å². The summed E-state index contributed by atoms with van der Waals surface area (Å²) < 4.78 is 72.9. The summed E-state index contributed by atoms with van der Waals surface area (Å²) in [4.78, 5) is 22.2. The first kappa shape index (κ1) is 30.7. The summed E-state index contributed by atoms with van der Waals surface area (Å²) in [5.41, 5.74) is 0.593. The molecule has 1 aromatic heterocycles. The summed E-state index contributed by atoms with van der Waals surface area (Å²) in [6.45, 7) is 2.30. The minimum atomic E-state index is -4.60. The molecule has 13 heteroatoms. The molecule has 0 aliphatic carbocycles. The number of carbonyl (C=O) groups is 1. The van der Waals surface area contributed by atoms with Crippen LogP contribution in [0.4, 0.5) is 17.6 Å². The van der Waals surface area contributed by atoms with Gasteiger partial charge in [0.15, 0.2) is 11.9 Å². The number of pyridine rings is 1. The molecule has 0 spiro atoms. The van der Waals surface area contributed by atoms with Gasteiger partial charge in [0.25, 0.3) is 0 Å². The van der Waals surface area contributed by atoms with E-state index in [0.717, 1.165) is 6.07 Å². The van der Waals surface area contributed by atoms with Gasteiger partial charge in [-0.1, -0.05) is 29.8 Å². The standard InChI is InChI=1S/C31H27F4N5O4/c1-19-7-8-20(22(17-19)31(33,34)35)24-9-10-26(39-38-24)28(30(41)44-16-15-43-14-13-42-2)40-12-11-25-27(18-40)37-29(36-25)21-5-3-4-6-23(21)32/h3-12,17-18,28H,13-16H2,1-2H3. The lowest BCUT2D eigenvalue weighted by Crippen LogP contribution is -2.26. The molecule has 44 heavy (non-hydrogen) atoms. The fraction of sp³-hybridized carbons (Fsp3) is 0.258. The fourth-order valence-corrected chi connectivity index (χ4v) is 4.52. The van der Waals surface area contributed by atoms with Gasteiger partial charge in [-0.3, -0.25) is 0 Å². The van der Waals surface area contributed by atoms with E-state index in [1.807, 2.05) is 0 Å². The summed E-state index contributed by atoms with van der Waals surface area (Å²) in [5.74, 6) is -1.03. The van der Waals surface area contributed by atoms with Crippen molar-refractivity contribution in [2.45, 2.75) is 19.1 Å². The molecule has 0 fully saturated rings. The van der Waals surface area contributed by atoms with Gasteiger partial charge in [0.1, 0.15) is 18.1 Å². The molecule has 5 rings (SSSR count). The number of halogens is 4. The van der Waals surface area contributed by atoms with Gasteiger partial charge in [-0.2, -0.15) is 23.4 Å². The van der Waals surface area contributed by atoms with E-state index < -0.39 is 29.6 Å². The van der Waals surface area contributed by atoms with E-state index in [9.17, 15) is 22.4 Å². The highest BCUT2D eigenvalue weighted by Gasteiger charge is 2.34. The number of carbonyl (C=O) groups excluding carboxylic acids is 1. The number of fused-ring (bicyclic) bond motifs is 1. The molecule has 1 atom stereocenters. The second kappa shape index (κ2) is 13.3. The lowest BCUT2D eigenvalue weighted by Gasteiger charge is -2.20. The Hall–Kier alpha value is -4.75. The van der Waals surface area contributed by atoms with Gasteiger partial charge < -0.3 is 18.8 Å². The van der Waals surface area contributed by atoms with Crippen molar-refractivity contribution in [2.24, 2.45) is 0 Å². The molecule has 1 unspecified atom stereocenters. The number of benzene rings is 2. The molecule has 0 saturated carbocycles. The molecular weight excluding hydrogens is 582 g/mol. The first-order valence-corrected chi connectivity index (χ1v) is 13.5. The lowest BCUT2D eigenvalue weighted by molar-refractivity contribution is -0.148. The highest BCUT2D eigenvalue weighted by molar-refractivity contribution is 5.78. The van der Waals surface area contributed by atoms with Gasteiger partial charge in [-0.05, 0) is 43.3 Å². The zero-order valence-electron chi connectivity index (χ0n) is 23.7. The maximum Gasteiger partial charge on any atom is 0.417 e. The van der Waals surface area contributed by atoms with Crippen LogP contribution in [0.25, 0.3) is 34.0 Å². The third kappa shape index (κ3) is 6.90. The van der Waals surface area contributed by atoms with Crippen molar-refractivity contribution < 1.29 is 36.6 Å². The van der Waals surface area contributed by atoms with Gasteiger partial charge in [-0.25, -0.2) is 19.2 Å². The first-order valence-electron chi connectivity index (χ1n) is 13.5. The van der Waals surface area contributed by atoms with Crippen LogP contribution >= 0.6 is 0 Å². The van der Waals surface area contributed by atoms with E-state index in [2.05, 4.69) is 20.2 Å². The summed E-state index contributed by atoms with van der Waals surface area (Å²) in [7, 11) is 1.54. The molecule has 0 N–H and O–H groups in total. The van der Waals surface area contributed by atoms with Crippen LogP contribution in [-0.2, 0) is 25.2 Å². The van der Waals surface area contributed by atoms with Crippen LogP contribution in [0.15, 0.2) is 73.1 Å². The number of hydrogen-bond donors (Lipinski definition) is 0. The topological polar surface area (TPSA) is 101 Å². The molecule has 3 aromatic rings. The number of esters is 1. The zero-order chi connectivity index (χ0) is 31.3. The zero-order valence-corrected chi connectivity index (χ0v) is 23.7. The fourth-order valence-electron chi connectivity index (χ4n) is 4.52. The summed E-state index contributed by atoms with van der Waals surface area (Å²) in [5, 5.41) is 8.19. The average Bonchev–Trinajstić information content (AvgIpc) is 3.42. The SMILES string of the molecule is COCCOCCOC(=O)C(c1ccc(-c2ccc(C)cc2C(F)(F)F)nn1)n1ccc2nc(-c3ccccc3F)nc-2c1. The molecule has 0 radical (unpaired) electrons. The van der Waals surface area contributed by atoms with E-state index in [1.54, 1.807) is 43.5 Å². The largest absolute Gasteiger partial charge is 0.461 e. The number of ether oxygens (including phenoxy) is 3. The number of hydrogen-bond acceptors (Lipinski definition) is 8. The normalized spacial score (nSPS) is 12.4. The number of imidazole rings is 1. The predicted molar refractivity (Wildman–Crippen MR) is 151 cm³/mol. The van der Waals surface area contributed by atoms with Crippen molar-refractivity contribution in [1.29, 1.82) is 0 Å². The molecule has 0 bridgehead atoms. The molecular formula is C31H27F4N5O4. The van der Waals surface area contributed by atoms with Crippen molar-refractivity contribution in [3.63, 3.8) is 0 Å². The number of rotatable bonds is 11. The number of methoxy groups -OCH3 is 1. The monoisotopic (exact) mass is 609 g/mol. The number of nitrogens with zero attached hydrogens (tertiary/aromatic N) is 5. The van der Waals surface area contributed by atoms with Crippen LogP contribution in [-0.4, -0.2) is 64.2 Å². The van der Waals surface area contributed by atoms with E-state index in [-0.39, 0.29) is 41.6 Å². The molecule has 0 saturated heterocycles. The Bertz CT molecular complexity index is 1710. The molecule has 2 aromatic carbocycles. The Morgan fingerprint density at radius 1 is 0.886 bits per heavy atom. The second-order valence-electron chi connectivity index (χ2n) is 9.76. The lowest BCUT2D eigenvalue weighted by atomic mass is 10.0. The molecule has 3 heterocycles. The van der Waals surface area contributed by atoms with Gasteiger partial charge in [0, 0.05) is 25.1 Å². The van der Waals surface area contributed by atoms with Gasteiger partial charge >= 0.3 is 12.1 Å². The van der Waals surface area contributed by atoms with Crippen molar-refractivity contribution in [3.05, 3.63) is 95.7 Å². The van der Waals surface area contributed by atoms with Crippen LogP contribution in [0.5, 0.6) is 0 Å². The van der Waals surface area contributed by atoms with E-state index in [4.69, 9.17) is 14.2 Å². The van der Waals surface area contributed by atoms with Gasteiger partial charge in [-0.15, -0.1) is 0 Å². The minimum Gasteiger partial charge on any atom is -0.461 e. The van der Waals surface area contributed by atoms with Crippen molar-refractivity contribution in [1.82, 2.24) is 24.7 Å². The van der Waals surface area contributed by atoms with Crippen molar-refractivity contribution in [2.75, 3.05) is 33.5 Å². The van der Waals surface area contributed by atoms with Crippen LogP contribution in [0.2, 0.25) is 0 Å². The number of aryl methyl sites for hydroxylation is 1. The van der Waals surface area contributed by atoms with Crippen LogP contribution in [0.3, 0.4) is 0 Å². The van der Waals surface area contributed by atoms with Gasteiger partial charge in [0.2, 0.25) is 0 Å². The maximum absolute atomic E-state index is 14.4. The Kier molecular flexibility index (Phi) is 9.26. The van der Waals surface area contributed by atoms with Crippen LogP contribution in [0, 0.1) is 12.7 Å². The predicted octanol–water partition coefficient (Wildman–Crippen LogP) is 5.77. The smallest absolute Gasteiger partial charge is 0.417 e. The third-order valence-corrected chi connectivity index (χ3v) is 6.65. The summed E-state index contributed by atoms with van der Waals surface area (Å²) >= 11 is 0. The number of alkyl halides is 3. The highest BCUT2D eigenvalue weighted by Crippen LogP contribution is 2.37. The first-order chi connectivity index (χ1) is 21.2. The van der Waals surface area contributed by atoms with Crippen LogP contribution < -0.4 is 0 Å². The maximum atomic E-state index is 14.4. The molecule has 0 amide bonds. The van der Waals surface area contributed by atoms with Gasteiger partial charge in [0.05, 0.1) is 48.0 Å². The molecule has 9 nitrogen and oxygen atoms in total. The summed E-state index contributed by atoms with van der Waals surface area (Å²) in [6, 6.07) is 13.2. The van der Waals surface area contributed by atoms with Crippen molar-refractivity contribution in [3.8, 4) is 34.0 Å². The second-order valence-corrected chi connectivity index (χ2v) is 9.76. The minimum absolute atomic E-state index is 0.0170. The Balaban J connectivity index is 1.48. The Labute approximate surface area is 249 Å². The molecule has 2 aliphatic heterocycles. The Morgan fingerprint density at radius 2 is 1.66 bits per heavy atom. The molecule has 2 aliphatic rings. The van der Waals surface area contributed by atoms with Crippen molar-refractivity contribution >= 4 is 5.97 Å². The van der Waals surface area contributed by atoms with E-state index in [1.165, 1.54) is 42.1 Å². The highest BCUT2D eigenvalue weighted by atomic mass is 19.4. The summed E-state index contributed by atoms with van der Waals surface area (Å²) in [6.07, 6.45) is -1.52. The molecule has 228 valence electrons. The quantitative estimate of drug-likeness (QED) is 0.106. The van der Waals surface area contributed by atoms with Crippen LogP contribution in [0.1, 0.15) is 22.9 Å². The average molecular weight is 610 g/mol. The number of aromatic nitrogens is 5. The third-order valence-electron chi connectivity index (χ3n) is 6.65.